The monoisotopic (exact) mass is 445 g/mol. The van der Waals surface area contributed by atoms with Gasteiger partial charge in [0.05, 0.1) is 18.0 Å². The number of aromatic nitrogens is 4. The summed E-state index contributed by atoms with van der Waals surface area (Å²) in [6, 6.07) is 12.1. The van der Waals surface area contributed by atoms with E-state index in [1.807, 2.05) is 0 Å². The number of halogens is 4. The zero-order chi connectivity index (χ0) is 22.9. The van der Waals surface area contributed by atoms with E-state index >= 15 is 0 Å². The van der Waals surface area contributed by atoms with Gasteiger partial charge in [-0.15, -0.1) is 5.10 Å². The van der Waals surface area contributed by atoms with Crippen LogP contribution in [0.3, 0.4) is 0 Å². The number of anilines is 1. The third-order valence-corrected chi connectivity index (χ3v) is 4.38. The molecule has 2 aromatic heterocycles. The molecule has 11 heteroatoms. The first-order valence-corrected chi connectivity index (χ1v) is 9.40. The van der Waals surface area contributed by atoms with Gasteiger partial charge in [-0.25, -0.2) is 9.37 Å². The Labute approximate surface area is 178 Å². The first-order valence-electron chi connectivity index (χ1n) is 9.40. The van der Waals surface area contributed by atoms with Gasteiger partial charge in [0.15, 0.2) is 5.69 Å². The molecule has 1 amide bonds. The summed E-state index contributed by atoms with van der Waals surface area (Å²) >= 11 is 0. The molecule has 0 fully saturated rings. The summed E-state index contributed by atoms with van der Waals surface area (Å²) in [5.41, 5.74) is -0.706. The normalized spacial score (nSPS) is 11.5. The van der Waals surface area contributed by atoms with E-state index < -0.39 is 35.2 Å². The number of hydrogen-bond donors (Lipinski definition) is 1. The minimum Gasteiger partial charge on any atom is -0.492 e. The largest absolute Gasteiger partial charge is 0.492 e. The molecule has 0 aliphatic rings. The maximum atomic E-state index is 13.7. The van der Waals surface area contributed by atoms with E-state index in [1.165, 1.54) is 12.1 Å². The predicted molar refractivity (Wildman–Crippen MR) is 107 cm³/mol. The Balaban J connectivity index is 1.76. The van der Waals surface area contributed by atoms with Gasteiger partial charge in [0.2, 0.25) is 5.82 Å². The Hall–Kier alpha value is -4.02. The summed E-state index contributed by atoms with van der Waals surface area (Å²) in [6.07, 6.45) is -4.81. The second kappa shape index (κ2) is 8.25. The lowest BCUT2D eigenvalue weighted by atomic mass is 10.1. The van der Waals surface area contributed by atoms with Crippen molar-refractivity contribution in [2.24, 2.45) is 0 Å². The summed E-state index contributed by atoms with van der Waals surface area (Å²) in [6.45, 7) is 2.12. The summed E-state index contributed by atoms with van der Waals surface area (Å²) in [5, 5.41) is 6.24. The minimum atomic E-state index is -4.81. The van der Waals surface area contributed by atoms with Gasteiger partial charge in [0.25, 0.3) is 11.7 Å². The second-order valence-electron chi connectivity index (χ2n) is 6.56. The number of fused-ring (bicyclic) bond motifs is 1. The van der Waals surface area contributed by atoms with E-state index in [1.54, 1.807) is 31.2 Å². The molecule has 7 nitrogen and oxygen atoms in total. The zero-order valence-corrected chi connectivity index (χ0v) is 16.5. The fraction of sp³-hybridized carbons (Fsp3) is 0.143. The molecule has 2 heterocycles. The number of para-hydroxylation sites is 2. The topological polar surface area (TPSA) is 81.4 Å². The highest BCUT2D eigenvalue weighted by Gasteiger charge is 2.36. The molecule has 4 rings (SSSR count). The summed E-state index contributed by atoms with van der Waals surface area (Å²) < 4.78 is 60.1. The number of nitrogens with one attached hydrogen (secondary N) is 1. The fourth-order valence-corrected chi connectivity index (χ4v) is 2.96. The predicted octanol–water partition coefficient (Wildman–Crippen LogP) is 4.60. The van der Waals surface area contributed by atoms with Crippen molar-refractivity contribution in [3.8, 4) is 17.0 Å². The number of nitrogens with zero attached hydrogens (tertiary/aromatic N) is 4. The van der Waals surface area contributed by atoms with Crippen LogP contribution in [0, 0.1) is 5.82 Å². The molecule has 0 saturated carbocycles. The van der Waals surface area contributed by atoms with Crippen molar-refractivity contribution in [2.45, 2.75) is 13.1 Å². The number of amides is 1. The molecular weight excluding hydrogens is 430 g/mol. The first kappa shape index (κ1) is 21.2. The van der Waals surface area contributed by atoms with Crippen molar-refractivity contribution >= 4 is 17.4 Å². The Morgan fingerprint density at radius 1 is 1.09 bits per heavy atom. The third-order valence-electron chi connectivity index (χ3n) is 4.38. The van der Waals surface area contributed by atoms with Gasteiger partial charge < -0.3 is 10.1 Å². The number of benzene rings is 2. The lowest BCUT2D eigenvalue weighted by molar-refractivity contribution is -0.142. The average Bonchev–Trinajstić information content (AvgIpc) is 3.19. The first-order chi connectivity index (χ1) is 15.3. The number of carbonyl (C=O) groups is 1. The molecule has 1 N–H and O–H groups in total. The molecule has 0 saturated heterocycles. The van der Waals surface area contributed by atoms with Gasteiger partial charge in [-0.05, 0) is 49.4 Å². The van der Waals surface area contributed by atoms with Crippen LogP contribution in [-0.2, 0) is 6.18 Å². The number of rotatable bonds is 5. The molecule has 0 radical (unpaired) electrons. The molecule has 0 bridgehead atoms. The minimum absolute atomic E-state index is 0.0918. The third kappa shape index (κ3) is 4.22. The Morgan fingerprint density at radius 2 is 1.81 bits per heavy atom. The van der Waals surface area contributed by atoms with Crippen molar-refractivity contribution in [1.29, 1.82) is 0 Å². The molecular formula is C21H15F4N5O2. The van der Waals surface area contributed by atoms with Crippen molar-refractivity contribution in [3.05, 3.63) is 71.9 Å². The van der Waals surface area contributed by atoms with Crippen LogP contribution in [0.4, 0.5) is 23.2 Å². The maximum Gasteiger partial charge on any atom is 0.433 e. The van der Waals surface area contributed by atoms with E-state index in [4.69, 9.17) is 4.74 Å². The van der Waals surface area contributed by atoms with E-state index in [9.17, 15) is 22.4 Å². The van der Waals surface area contributed by atoms with Gasteiger partial charge in [-0.1, -0.05) is 12.1 Å². The molecule has 0 unspecified atom stereocenters. The Morgan fingerprint density at radius 3 is 2.50 bits per heavy atom. The van der Waals surface area contributed by atoms with E-state index in [0.717, 1.165) is 18.2 Å². The van der Waals surface area contributed by atoms with Crippen LogP contribution in [0.15, 0.2) is 54.6 Å². The lowest BCUT2D eigenvalue weighted by Gasteiger charge is -2.10. The average molecular weight is 445 g/mol. The number of hydrogen-bond acceptors (Lipinski definition) is 5. The van der Waals surface area contributed by atoms with Crippen LogP contribution in [0.25, 0.3) is 17.0 Å². The van der Waals surface area contributed by atoms with Gasteiger partial charge in [-0.3, -0.25) is 4.79 Å². The Kier molecular flexibility index (Phi) is 5.47. The molecule has 4 aromatic rings. The molecule has 0 atom stereocenters. The van der Waals surface area contributed by atoms with Crippen LogP contribution in [-0.4, -0.2) is 32.1 Å². The maximum absolute atomic E-state index is 13.7. The summed E-state index contributed by atoms with van der Waals surface area (Å²) in [4.78, 5) is 20.6. The van der Waals surface area contributed by atoms with E-state index in [0.29, 0.717) is 22.6 Å². The molecule has 2 aromatic carbocycles. The van der Waals surface area contributed by atoms with Crippen molar-refractivity contribution in [1.82, 2.24) is 19.6 Å². The van der Waals surface area contributed by atoms with Crippen LogP contribution < -0.4 is 10.1 Å². The van der Waals surface area contributed by atoms with E-state index in [-0.39, 0.29) is 11.3 Å². The van der Waals surface area contributed by atoms with Crippen LogP contribution >= 0.6 is 0 Å². The van der Waals surface area contributed by atoms with Crippen LogP contribution in [0.1, 0.15) is 23.2 Å². The quantitative estimate of drug-likeness (QED) is 0.454. The van der Waals surface area contributed by atoms with Crippen molar-refractivity contribution in [2.75, 3.05) is 11.9 Å². The van der Waals surface area contributed by atoms with Crippen molar-refractivity contribution < 1.29 is 27.1 Å². The van der Waals surface area contributed by atoms with Crippen molar-refractivity contribution in [3.63, 3.8) is 0 Å². The standard InChI is InChI=1S/C21H15F4N5O2/c1-2-32-16-6-4-3-5-14(16)26-19(31)18-28-20-27-15(12-7-9-13(22)10-8-12)11-17(21(23,24)25)30(20)29-18/h3-11H,2H2,1H3,(H,26,31). The van der Waals surface area contributed by atoms with Gasteiger partial charge in [0, 0.05) is 5.56 Å². The smallest absolute Gasteiger partial charge is 0.433 e. The zero-order valence-electron chi connectivity index (χ0n) is 16.5. The lowest BCUT2D eigenvalue weighted by Crippen LogP contribution is -2.16. The summed E-state index contributed by atoms with van der Waals surface area (Å²) in [7, 11) is 0. The number of alkyl halides is 3. The fourth-order valence-electron chi connectivity index (χ4n) is 2.96. The van der Waals surface area contributed by atoms with Crippen LogP contribution in [0.5, 0.6) is 5.75 Å². The second-order valence-corrected chi connectivity index (χ2v) is 6.56. The van der Waals surface area contributed by atoms with Gasteiger partial charge in [-0.2, -0.15) is 22.7 Å². The highest BCUT2D eigenvalue weighted by atomic mass is 19.4. The number of carbonyl (C=O) groups excluding carboxylic acids is 1. The molecule has 0 aliphatic heterocycles. The van der Waals surface area contributed by atoms with Crippen LogP contribution in [0.2, 0.25) is 0 Å². The van der Waals surface area contributed by atoms with Gasteiger partial charge >= 0.3 is 6.18 Å². The summed E-state index contributed by atoms with van der Waals surface area (Å²) in [5.74, 6) is -1.92. The molecule has 0 aliphatic carbocycles. The highest BCUT2D eigenvalue weighted by Crippen LogP contribution is 2.32. The molecule has 164 valence electrons. The number of ether oxygens (including phenoxy) is 1. The SMILES string of the molecule is CCOc1ccccc1NC(=O)c1nc2nc(-c3ccc(F)cc3)cc(C(F)(F)F)n2n1. The highest BCUT2D eigenvalue weighted by molar-refractivity contribution is 6.02. The Bertz CT molecular complexity index is 1290. The molecule has 0 spiro atoms. The van der Waals surface area contributed by atoms with E-state index in [2.05, 4.69) is 20.4 Å². The van der Waals surface area contributed by atoms with Gasteiger partial charge in [0.1, 0.15) is 11.6 Å². The molecule has 32 heavy (non-hydrogen) atoms.